The van der Waals surface area contributed by atoms with Crippen LogP contribution in [0.3, 0.4) is 0 Å². The molecule has 32 heavy (non-hydrogen) atoms. The van der Waals surface area contributed by atoms with E-state index >= 15 is 0 Å². The minimum atomic E-state index is -0.733. The van der Waals surface area contributed by atoms with E-state index in [0.29, 0.717) is 5.75 Å². The summed E-state index contributed by atoms with van der Waals surface area (Å²) < 4.78 is 9.88. The SMILES string of the molecule is CCc1ccccc1NC(=O)CCCC(=O)OCC(=O)Nc1cc(OC)ccc1[N+](=O)[O-]. The fraction of sp³-hybridized carbons (Fsp3) is 0.318. The molecular formula is C22H25N3O7. The van der Waals surface area contributed by atoms with E-state index in [9.17, 15) is 24.5 Å². The van der Waals surface area contributed by atoms with E-state index in [2.05, 4.69) is 10.6 Å². The lowest BCUT2D eigenvalue weighted by molar-refractivity contribution is -0.383. The van der Waals surface area contributed by atoms with E-state index in [1.54, 1.807) is 0 Å². The first-order valence-corrected chi connectivity index (χ1v) is 9.99. The number of amides is 2. The van der Waals surface area contributed by atoms with Gasteiger partial charge in [-0.05, 0) is 30.5 Å². The Balaban J connectivity index is 1.76. The van der Waals surface area contributed by atoms with Crippen molar-refractivity contribution < 1.29 is 28.8 Å². The molecule has 0 aliphatic heterocycles. The quantitative estimate of drug-likeness (QED) is 0.308. The monoisotopic (exact) mass is 443 g/mol. The van der Waals surface area contributed by atoms with Crippen molar-refractivity contribution in [1.82, 2.24) is 0 Å². The number of benzene rings is 2. The number of nitrogens with one attached hydrogen (secondary N) is 2. The molecule has 0 aromatic heterocycles. The zero-order valence-corrected chi connectivity index (χ0v) is 17.9. The number of nitro benzene ring substituents is 1. The molecule has 0 saturated heterocycles. The molecule has 0 bridgehead atoms. The summed E-state index contributed by atoms with van der Waals surface area (Å²) in [6.45, 7) is 1.38. The van der Waals surface area contributed by atoms with E-state index in [0.717, 1.165) is 17.7 Å². The highest BCUT2D eigenvalue weighted by Crippen LogP contribution is 2.28. The Morgan fingerprint density at radius 3 is 2.41 bits per heavy atom. The second-order valence-electron chi connectivity index (χ2n) is 6.76. The van der Waals surface area contributed by atoms with Gasteiger partial charge >= 0.3 is 5.97 Å². The maximum absolute atomic E-state index is 12.1. The first kappa shape index (κ1) is 24.3. The van der Waals surface area contributed by atoms with Crippen LogP contribution in [0.5, 0.6) is 5.75 Å². The summed E-state index contributed by atoms with van der Waals surface area (Å²) in [7, 11) is 1.39. The summed E-state index contributed by atoms with van der Waals surface area (Å²) in [4.78, 5) is 46.4. The molecule has 0 heterocycles. The number of nitro groups is 1. The summed E-state index contributed by atoms with van der Waals surface area (Å²) >= 11 is 0. The molecule has 2 rings (SSSR count). The molecule has 0 aliphatic rings. The van der Waals surface area contributed by atoms with Gasteiger partial charge in [-0.25, -0.2) is 0 Å². The van der Waals surface area contributed by atoms with Crippen molar-refractivity contribution in [3.05, 3.63) is 58.1 Å². The first-order chi connectivity index (χ1) is 15.3. The van der Waals surface area contributed by atoms with Crippen molar-refractivity contribution in [3.8, 4) is 5.75 Å². The molecule has 2 aromatic rings. The molecule has 10 heteroatoms. The number of aryl methyl sites for hydroxylation is 1. The van der Waals surface area contributed by atoms with Crippen molar-refractivity contribution >= 4 is 34.8 Å². The van der Waals surface area contributed by atoms with Gasteiger partial charge in [0.2, 0.25) is 5.91 Å². The van der Waals surface area contributed by atoms with Crippen LogP contribution in [-0.4, -0.2) is 36.4 Å². The average Bonchev–Trinajstić information content (AvgIpc) is 2.77. The smallest absolute Gasteiger partial charge is 0.306 e. The lowest BCUT2D eigenvalue weighted by Gasteiger charge is -2.10. The van der Waals surface area contributed by atoms with E-state index in [-0.39, 0.29) is 36.5 Å². The maximum atomic E-state index is 12.1. The number of anilines is 2. The number of para-hydroxylation sites is 1. The topological polar surface area (TPSA) is 137 Å². The molecule has 0 spiro atoms. The van der Waals surface area contributed by atoms with E-state index in [4.69, 9.17) is 9.47 Å². The van der Waals surface area contributed by atoms with Gasteiger partial charge in [0.1, 0.15) is 11.4 Å². The van der Waals surface area contributed by atoms with Crippen molar-refractivity contribution in [3.63, 3.8) is 0 Å². The number of rotatable bonds is 11. The summed E-state index contributed by atoms with van der Waals surface area (Å²) in [5.41, 5.74) is 1.37. The predicted molar refractivity (Wildman–Crippen MR) is 118 cm³/mol. The molecule has 170 valence electrons. The van der Waals surface area contributed by atoms with Gasteiger partial charge in [-0.1, -0.05) is 25.1 Å². The van der Waals surface area contributed by atoms with Crippen LogP contribution < -0.4 is 15.4 Å². The normalized spacial score (nSPS) is 10.2. The van der Waals surface area contributed by atoms with Crippen LogP contribution in [0.15, 0.2) is 42.5 Å². The van der Waals surface area contributed by atoms with Gasteiger partial charge in [0, 0.05) is 30.7 Å². The number of methoxy groups -OCH3 is 1. The van der Waals surface area contributed by atoms with E-state index in [1.807, 2.05) is 31.2 Å². The number of carbonyl (C=O) groups is 3. The lowest BCUT2D eigenvalue weighted by Crippen LogP contribution is -2.21. The van der Waals surface area contributed by atoms with Gasteiger partial charge in [0.05, 0.1) is 12.0 Å². The number of carbonyl (C=O) groups excluding carboxylic acids is 3. The molecule has 0 radical (unpaired) electrons. The van der Waals surface area contributed by atoms with Gasteiger partial charge in [0.25, 0.3) is 11.6 Å². The molecule has 0 aliphatic carbocycles. The minimum absolute atomic E-state index is 0.0462. The van der Waals surface area contributed by atoms with Gasteiger partial charge in [-0.15, -0.1) is 0 Å². The van der Waals surface area contributed by atoms with Crippen LogP contribution in [0.4, 0.5) is 17.1 Å². The number of esters is 1. The van der Waals surface area contributed by atoms with Crippen LogP contribution >= 0.6 is 0 Å². The van der Waals surface area contributed by atoms with Crippen molar-refractivity contribution in [1.29, 1.82) is 0 Å². The summed E-state index contributed by atoms with van der Waals surface area (Å²) in [5, 5.41) is 16.2. The van der Waals surface area contributed by atoms with Crippen LogP contribution in [0.25, 0.3) is 0 Å². The summed E-state index contributed by atoms with van der Waals surface area (Å²) in [5.74, 6) is -1.28. The van der Waals surface area contributed by atoms with Crippen LogP contribution in [0, 0.1) is 10.1 Å². The number of nitrogens with zero attached hydrogens (tertiary/aromatic N) is 1. The summed E-state index contributed by atoms with van der Waals surface area (Å²) in [6, 6.07) is 11.4. The third-order valence-electron chi connectivity index (χ3n) is 4.50. The maximum Gasteiger partial charge on any atom is 0.306 e. The fourth-order valence-electron chi connectivity index (χ4n) is 2.86. The second kappa shape index (κ2) is 12.0. The molecule has 0 unspecified atom stereocenters. The third kappa shape index (κ3) is 7.38. The first-order valence-electron chi connectivity index (χ1n) is 9.99. The Hall–Kier alpha value is -3.95. The molecule has 2 amide bonds. The van der Waals surface area contributed by atoms with Crippen LogP contribution in [0.1, 0.15) is 31.7 Å². The van der Waals surface area contributed by atoms with Crippen LogP contribution in [-0.2, 0) is 25.5 Å². The minimum Gasteiger partial charge on any atom is -0.497 e. The zero-order chi connectivity index (χ0) is 23.5. The molecule has 0 atom stereocenters. The highest BCUT2D eigenvalue weighted by Gasteiger charge is 2.18. The highest BCUT2D eigenvalue weighted by atomic mass is 16.6. The molecule has 2 aromatic carbocycles. The Morgan fingerprint density at radius 1 is 1.00 bits per heavy atom. The number of hydrogen-bond acceptors (Lipinski definition) is 7. The largest absolute Gasteiger partial charge is 0.497 e. The zero-order valence-electron chi connectivity index (χ0n) is 17.9. The summed E-state index contributed by atoms with van der Waals surface area (Å²) in [6.07, 6.45) is 1.11. The van der Waals surface area contributed by atoms with E-state index in [1.165, 1.54) is 25.3 Å². The van der Waals surface area contributed by atoms with Crippen molar-refractivity contribution in [2.24, 2.45) is 0 Å². The van der Waals surface area contributed by atoms with Gasteiger partial charge in [-0.3, -0.25) is 24.5 Å². The number of ether oxygens (including phenoxy) is 2. The van der Waals surface area contributed by atoms with Crippen molar-refractivity contribution in [2.45, 2.75) is 32.6 Å². The third-order valence-corrected chi connectivity index (χ3v) is 4.50. The fourth-order valence-corrected chi connectivity index (χ4v) is 2.86. The average molecular weight is 443 g/mol. The van der Waals surface area contributed by atoms with Gasteiger partial charge in [0.15, 0.2) is 6.61 Å². The van der Waals surface area contributed by atoms with Gasteiger partial charge < -0.3 is 20.1 Å². The highest BCUT2D eigenvalue weighted by molar-refractivity contribution is 5.95. The Labute approximate surface area is 185 Å². The predicted octanol–water partition coefficient (Wildman–Crippen LogP) is 3.46. The molecule has 0 fully saturated rings. The Morgan fingerprint density at radius 2 is 1.72 bits per heavy atom. The Bertz CT molecular complexity index is 991. The molecule has 10 nitrogen and oxygen atoms in total. The molecule has 0 saturated carbocycles. The lowest BCUT2D eigenvalue weighted by atomic mass is 10.1. The Kier molecular flexibility index (Phi) is 9.15. The van der Waals surface area contributed by atoms with E-state index < -0.39 is 23.4 Å². The van der Waals surface area contributed by atoms with Crippen molar-refractivity contribution in [2.75, 3.05) is 24.4 Å². The standard InChI is InChI=1S/C22H25N3O7/c1-3-15-7-4-5-8-17(15)23-20(26)9-6-10-22(28)32-14-21(27)24-18-13-16(31-2)11-12-19(18)25(29)30/h4-5,7-8,11-13H,3,6,9-10,14H2,1-2H3,(H,23,26)(H,24,27). The second-order valence-corrected chi connectivity index (χ2v) is 6.76. The van der Waals surface area contributed by atoms with Gasteiger partial charge in [-0.2, -0.15) is 0 Å². The molecular weight excluding hydrogens is 418 g/mol. The number of hydrogen-bond donors (Lipinski definition) is 2. The molecule has 2 N–H and O–H groups in total. The van der Waals surface area contributed by atoms with Crippen LogP contribution in [0.2, 0.25) is 0 Å².